The summed E-state index contributed by atoms with van der Waals surface area (Å²) in [6, 6.07) is 4.98. The van der Waals surface area contributed by atoms with Gasteiger partial charge < -0.3 is 10.5 Å². The molecular formula is C16H21ClN4O3S. The van der Waals surface area contributed by atoms with Gasteiger partial charge in [-0.05, 0) is 38.0 Å². The smallest absolute Gasteiger partial charge is 0.246 e. The Labute approximate surface area is 152 Å². The molecule has 1 fully saturated rings. The average molecular weight is 385 g/mol. The van der Waals surface area contributed by atoms with Crippen LogP contribution in [0.2, 0.25) is 5.02 Å². The molecule has 0 spiro atoms. The fourth-order valence-electron chi connectivity index (χ4n) is 3.09. The second-order valence-electron chi connectivity index (χ2n) is 6.19. The number of nitrogens with two attached hydrogens (primary N) is 1. The summed E-state index contributed by atoms with van der Waals surface area (Å²) in [7, 11) is -2.10. The van der Waals surface area contributed by atoms with Crippen LogP contribution in [0, 0.1) is 0 Å². The van der Waals surface area contributed by atoms with E-state index >= 15 is 0 Å². The minimum Gasteiger partial charge on any atom is -0.494 e. The maximum atomic E-state index is 12.9. The number of rotatable bonds is 4. The van der Waals surface area contributed by atoms with Crippen LogP contribution < -0.4 is 10.5 Å². The number of ether oxygens (including phenoxy) is 1. The van der Waals surface area contributed by atoms with Gasteiger partial charge in [-0.25, -0.2) is 13.1 Å². The first-order chi connectivity index (χ1) is 11.8. The van der Waals surface area contributed by atoms with Crippen LogP contribution in [0.15, 0.2) is 35.5 Å². The van der Waals surface area contributed by atoms with Crippen molar-refractivity contribution in [2.24, 2.45) is 5.73 Å². The molecule has 0 aliphatic carbocycles. The van der Waals surface area contributed by atoms with E-state index in [4.69, 9.17) is 22.1 Å². The second-order valence-corrected chi connectivity index (χ2v) is 8.51. The van der Waals surface area contributed by atoms with E-state index in [0.717, 1.165) is 0 Å². The first-order valence-corrected chi connectivity index (χ1v) is 9.80. The summed E-state index contributed by atoms with van der Waals surface area (Å²) < 4.78 is 34.1. The van der Waals surface area contributed by atoms with Gasteiger partial charge in [0.2, 0.25) is 10.0 Å². The van der Waals surface area contributed by atoms with Crippen molar-refractivity contribution in [3.8, 4) is 11.4 Å². The van der Waals surface area contributed by atoms with Crippen LogP contribution in [-0.2, 0) is 10.0 Å². The van der Waals surface area contributed by atoms with Crippen molar-refractivity contribution in [1.82, 2.24) is 14.1 Å². The van der Waals surface area contributed by atoms with E-state index in [2.05, 4.69) is 5.10 Å². The number of aromatic nitrogens is 2. The lowest BCUT2D eigenvalue weighted by molar-refractivity contribution is 0.247. The summed E-state index contributed by atoms with van der Waals surface area (Å²) in [4.78, 5) is 0.136. The highest BCUT2D eigenvalue weighted by Crippen LogP contribution is 2.28. The quantitative estimate of drug-likeness (QED) is 0.871. The van der Waals surface area contributed by atoms with Crippen molar-refractivity contribution in [1.29, 1.82) is 0 Å². The van der Waals surface area contributed by atoms with E-state index < -0.39 is 10.0 Å². The van der Waals surface area contributed by atoms with Gasteiger partial charge >= 0.3 is 0 Å². The SMILES string of the molecule is COc1ccc(Cl)cc1-n1cc(S(=O)(=O)N2CC[C@@H](N)C[C@@H]2C)cn1. The van der Waals surface area contributed by atoms with E-state index in [1.54, 1.807) is 18.2 Å². The van der Waals surface area contributed by atoms with Crippen LogP contribution in [0.4, 0.5) is 0 Å². The Balaban J connectivity index is 1.95. The molecule has 0 saturated carbocycles. The fourth-order valence-corrected chi connectivity index (χ4v) is 4.85. The van der Waals surface area contributed by atoms with Crippen LogP contribution in [-0.4, -0.2) is 48.2 Å². The number of sulfonamides is 1. The lowest BCUT2D eigenvalue weighted by Gasteiger charge is -2.34. The van der Waals surface area contributed by atoms with E-state index in [1.807, 2.05) is 6.92 Å². The zero-order chi connectivity index (χ0) is 18.2. The molecule has 1 aliphatic heterocycles. The van der Waals surface area contributed by atoms with Gasteiger partial charge in [0, 0.05) is 23.7 Å². The predicted molar refractivity (Wildman–Crippen MR) is 95.7 cm³/mol. The maximum Gasteiger partial charge on any atom is 0.246 e. The van der Waals surface area contributed by atoms with Gasteiger partial charge in [-0.3, -0.25) is 0 Å². The number of piperidine rings is 1. The molecule has 136 valence electrons. The monoisotopic (exact) mass is 384 g/mol. The highest BCUT2D eigenvalue weighted by molar-refractivity contribution is 7.89. The van der Waals surface area contributed by atoms with Crippen LogP contribution in [0.3, 0.4) is 0 Å². The molecule has 7 nitrogen and oxygen atoms in total. The summed E-state index contributed by atoms with van der Waals surface area (Å²) in [5, 5.41) is 4.69. The molecule has 0 radical (unpaired) electrons. The largest absolute Gasteiger partial charge is 0.494 e. The molecule has 2 N–H and O–H groups in total. The van der Waals surface area contributed by atoms with Crippen LogP contribution >= 0.6 is 11.6 Å². The summed E-state index contributed by atoms with van der Waals surface area (Å²) in [5.74, 6) is 0.550. The molecular weight excluding hydrogens is 364 g/mol. The zero-order valence-electron chi connectivity index (χ0n) is 14.1. The first kappa shape index (κ1) is 18.2. The Morgan fingerprint density at radius 2 is 2.16 bits per heavy atom. The van der Waals surface area contributed by atoms with Crippen molar-refractivity contribution in [2.45, 2.75) is 36.7 Å². The Morgan fingerprint density at radius 1 is 1.40 bits per heavy atom. The Kier molecular flexibility index (Phi) is 5.06. The molecule has 2 aromatic rings. The normalized spacial score (nSPS) is 22.1. The van der Waals surface area contributed by atoms with Gasteiger partial charge in [-0.15, -0.1) is 0 Å². The average Bonchev–Trinajstić information content (AvgIpc) is 3.05. The van der Waals surface area contributed by atoms with Crippen LogP contribution in [0.1, 0.15) is 19.8 Å². The Morgan fingerprint density at radius 3 is 2.84 bits per heavy atom. The van der Waals surface area contributed by atoms with Crippen LogP contribution in [0.25, 0.3) is 5.69 Å². The third kappa shape index (κ3) is 3.52. The summed E-state index contributed by atoms with van der Waals surface area (Å²) in [6.07, 6.45) is 4.12. The third-order valence-corrected chi connectivity index (χ3v) is 6.61. The number of benzene rings is 1. The molecule has 2 heterocycles. The number of nitrogens with zero attached hydrogens (tertiary/aromatic N) is 3. The van der Waals surface area contributed by atoms with Crippen LogP contribution in [0.5, 0.6) is 5.75 Å². The highest BCUT2D eigenvalue weighted by atomic mass is 35.5. The van der Waals surface area contributed by atoms with Crippen molar-refractivity contribution in [3.63, 3.8) is 0 Å². The summed E-state index contributed by atoms with van der Waals surface area (Å²) in [5.41, 5.74) is 6.51. The fraction of sp³-hybridized carbons (Fsp3) is 0.438. The topological polar surface area (TPSA) is 90.5 Å². The number of halogens is 1. The van der Waals surface area contributed by atoms with Gasteiger partial charge in [0.15, 0.2) is 0 Å². The first-order valence-electron chi connectivity index (χ1n) is 7.99. The maximum absolute atomic E-state index is 12.9. The molecule has 0 unspecified atom stereocenters. The van der Waals surface area contributed by atoms with Crippen molar-refractivity contribution in [2.75, 3.05) is 13.7 Å². The number of hydrogen-bond acceptors (Lipinski definition) is 5. The Bertz CT molecular complexity index is 868. The lowest BCUT2D eigenvalue weighted by atomic mass is 10.0. The molecule has 3 rings (SSSR count). The highest BCUT2D eigenvalue weighted by Gasteiger charge is 2.34. The minimum absolute atomic E-state index is 0.0416. The third-order valence-electron chi connectivity index (χ3n) is 4.41. The van der Waals surface area contributed by atoms with E-state index in [9.17, 15) is 8.42 Å². The van der Waals surface area contributed by atoms with E-state index in [0.29, 0.717) is 35.8 Å². The van der Waals surface area contributed by atoms with Crippen molar-refractivity contribution >= 4 is 21.6 Å². The summed E-state index contributed by atoms with van der Waals surface area (Å²) in [6.45, 7) is 2.29. The number of hydrogen-bond donors (Lipinski definition) is 1. The molecule has 1 aliphatic rings. The van der Waals surface area contributed by atoms with Gasteiger partial charge in [0.1, 0.15) is 16.3 Å². The molecule has 1 aromatic heterocycles. The number of methoxy groups -OCH3 is 1. The second kappa shape index (κ2) is 6.95. The van der Waals surface area contributed by atoms with Gasteiger partial charge in [0.25, 0.3) is 0 Å². The molecule has 0 bridgehead atoms. The predicted octanol–water partition coefficient (Wildman–Crippen LogP) is 2.03. The lowest BCUT2D eigenvalue weighted by Crippen LogP contribution is -2.48. The van der Waals surface area contributed by atoms with Crippen molar-refractivity contribution in [3.05, 3.63) is 35.6 Å². The van der Waals surface area contributed by atoms with Crippen molar-refractivity contribution < 1.29 is 13.2 Å². The van der Waals surface area contributed by atoms with Gasteiger partial charge in [-0.1, -0.05) is 11.6 Å². The van der Waals surface area contributed by atoms with E-state index in [-0.39, 0.29) is 17.0 Å². The Hall–Kier alpha value is -1.61. The molecule has 9 heteroatoms. The zero-order valence-corrected chi connectivity index (χ0v) is 15.7. The van der Waals surface area contributed by atoms with Gasteiger partial charge in [0.05, 0.1) is 19.5 Å². The molecule has 25 heavy (non-hydrogen) atoms. The molecule has 1 aromatic carbocycles. The minimum atomic E-state index is -3.63. The van der Waals surface area contributed by atoms with Gasteiger partial charge in [-0.2, -0.15) is 9.40 Å². The van der Waals surface area contributed by atoms with E-state index in [1.165, 1.54) is 28.5 Å². The standard InChI is InChI=1S/C16H21ClN4O3S/c1-11-7-13(18)5-6-21(11)25(22,23)14-9-19-20(10-14)15-8-12(17)3-4-16(15)24-2/h3-4,8-11,13H,5-7,18H2,1-2H3/t11-,13+/m0/s1. The molecule has 2 atom stereocenters. The molecule has 1 saturated heterocycles. The molecule has 0 amide bonds. The summed E-state index contributed by atoms with van der Waals surface area (Å²) >= 11 is 6.04.